The molecule has 2 unspecified atom stereocenters. The van der Waals surface area contributed by atoms with E-state index in [-0.39, 0.29) is 19.0 Å². The summed E-state index contributed by atoms with van der Waals surface area (Å²) in [6.45, 7) is 2.21. The van der Waals surface area contributed by atoms with Crippen LogP contribution in [0.25, 0.3) is 0 Å². The number of carboxylic acids is 1. The van der Waals surface area contributed by atoms with Crippen molar-refractivity contribution in [3.05, 3.63) is 0 Å². The molecule has 0 spiro atoms. The molecule has 1 saturated heterocycles. The number of piperazine rings is 1. The Kier molecular flexibility index (Phi) is 3.98. The normalized spacial score (nSPS) is 29.1. The lowest BCUT2D eigenvalue weighted by atomic mass is 10.0. The molecular weight excluding hydrogens is 231 g/mol. The van der Waals surface area contributed by atoms with E-state index in [0.717, 1.165) is 6.26 Å². The minimum absolute atomic E-state index is 0.128. The van der Waals surface area contributed by atoms with E-state index >= 15 is 0 Å². The second-order valence-corrected chi connectivity index (χ2v) is 6.07. The third-order valence-electron chi connectivity index (χ3n) is 2.66. The summed E-state index contributed by atoms with van der Waals surface area (Å²) < 4.78 is 24.2. The zero-order valence-electron chi connectivity index (χ0n) is 9.33. The summed E-state index contributed by atoms with van der Waals surface area (Å²) >= 11 is 0. The number of aliphatic carboxylic acids is 1. The fraction of sp³-hybridized carbons (Fsp3) is 0.875. The maximum Gasteiger partial charge on any atom is 0.304 e. The summed E-state index contributed by atoms with van der Waals surface area (Å²) in [5.74, 6) is -0.983. The van der Waals surface area contributed by atoms with Gasteiger partial charge < -0.3 is 9.92 Å². The minimum atomic E-state index is -3.31. The molecule has 1 fully saturated rings. The van der Waals surface area contributed by atoms with E-state index in [2.05, 4.69) is 0 Å². The van der Waals surface area contributed by atoms with Crippen molar-refractivity contribution in [1.82, 2.24) is 9.12 Å². The lowest BCUT2D eigenvalue weighted by Gasteiger charge is -2.42. The van der Waals surface area contributed by atoms with Crippen molar-refractivity contribution in [2.75, 3.05) is 19.3 Å². The van der Waals surface area contributed by atoms with Crippen LogP contribution >= 0.6 is 0 Å². The predicted molar refractivity (Wildman–Crippen MR) is 59.5 cm³/mol. The molecule has 90 valence electrons. The first kappa shape index (κ1) is 13.5. The molecule has 1 N–H and O–H groups in total. The van der Waals surface area contributed by atoms with Gasteiger partial charge >= 0.3 is 5.97 Å². The topological polar surface area (TPSA) is 77.9 Å². The number of sulfonamides is 1. The molecule has 0 aliphatic carbocycles. The van der Waals surface area contributed by atoms with Crippen LogP contribution < -0.4 is 0 Å². The van der Waals surface area contributed by atoms with Crippen LogP contribution in [0.3, 0.4) is 0 Å². The highest BCUT2D eigenvalue weighted by Crippen LogP contribution is 2.18. The Bertz CT molecular complexity index is 372. The van der Waals surface area contributed by atoms with E-state index in [1.807, 2.05) is 0 Å². The quantitative estimate of drug-likeness (QED) is 0.638. The molecule has 0 aromatic carbocycles. The number of carboxylic acid groups (broad SMARTS) is 1. The van der Waals surface area contributed by atoms with Crippen molar-refractivity contribution in [2.24, 2.45) is 0 Å². The van der Waals surface area contributed by atoms with Crippen LogP contribution in [0, 0.1) is 0 Å². The summed E-state index contributed by atoms with van der Waals surface area (Å²) in [5.41, 5.74) is 0. The van der Waals surface area contributed by atoms with E-state index in [1.165, 1.54) is 9.12 Å². The van der Waals surface area contributed by atoms with E-state index in [9.17, 15) is 13.2 Å². The lowest BCUT2D eigenvalue weighted by Crippen LogP contribution is -2.58. The molecule has 1 aliphatic rings. The van der Waals surface area contributed by atoms with Crippen LogP contribution in [0.5, 0.6) is 0 Å². The second kappa shape index (κ2) is 4.73. The van der Waals surface area contributed by atoms with Crippen molar-refractivity contribution >= 4 is 24.0 Å². The average molecular weight is 246 g/mol. The summed E-state index contributed by atoms with van der Waals surface area (Å²) in [5, 5.41) is 8.69. The number of hydrogen-bond acceptors (Lipinski definition) is 4. The molecule has 6 nitrogen and oxygen atoms in total. The van der Waals surface area contributed by atoms with Crippen molar-refractivity contribution in [2.45, 2.75) is 25.4 Å². The molecule has 1 heterocycles. The van der Waals surface area contributed by atoms with Crippen LogP contribution in [0.1, 0.15) is 13.3 Å². The Morgan fingerprint density at radius 3 is 2.50 bits per heavy atom. The SMILES string of the molecule is [B]N1CC(C)N(S(C)(=O)=O)CC1CC(=O)O. The van der Waals surface area contributed by atoms with Gasteiger partial charge in [0.05, 0.1) is 12.7 Å². The summed E-state index contributed by atoms with van der Waals surface area (Å²) in [6, 6.07) is -0.700. The average Bonchev–Trinajstić information content (AvgIpc) is 2.06. The van der Waals surface area contributed by atoms with Gasteiger partial charge in [0.2, 0.25) is 10.0 Å². The first-order valence-electron chi connectivity index (χ1n) is 4.91. The Balaban J connectivity index is 2.80. The second-order valence-electron chi connectivity index (χ2n) is 4.13. The van der Waals surface area contributed by atoms with E-state index in [4.69, 9.17) is 13.1 Å². The van der Waals surface area contributed by atoms with Gasteiger partial charge in [0, 0.05) is 25.2 Å². The Morgan fingerprint density at radius 1 is 1.50 bits per heavy atom. The van der Waals surface area contributed by atoms with Gasteiger partial charge in [-0.3, -0.25) is 4.79 Å². The van der Waals surface area contributed by atoms with Crippen molar-refractivity contribution in [1.29, 1.82) is 0 Å². The van der Waals surface area contributed by atoms with Gasteiger partial charge in [-0.1, -0.05) is 0 Å². The lowest BCUT2D eigenvalue weighted by molar-refractivity contribution is -0.138. The molecule has 0 aromatic heterocycles. The number of carbonyl (C=O) groups is 1. The summed E-state index contributed by atoms with van der Waals surface area (Å²) in [4.78, 5) is 12.0. The van der Waals surface area contributed by atoms with Gasteiger partial charge in [0.25, 0.3) is 0 Å². The van der Waals surface area contributed by atoms with Gasteiger partial charge in [0.15, 0.2) is 7.98 Å². The number of rotatable bonds is 3. The zero-order chi connectivity index (χ0) is 12.5. The summed E-state index contributed by atoms with van der Waals surface area (Å²) in [7, 11) is 2.36. The van der Waals surface area contributed by atoms with Crippen molar-refractivity contribution in [3.63, 3.8) is 0 Å². The van der Waals surface area contributed by atoms with Gasteiger partial charge in [-0.25, -0.2) is 8.42 Å². The van der Waals surface area contributed by atoms with Crippen molar-refractivity contribution in [3.8, 4) is 0 Å². The highest BCUT2D eigenvalue weighted by atomic mass is 32.2. The molecule has 0 aromatic rings. The standard InChI is InChI=1S/C8H15BN2O4S/c1-6-4-10(9)7(3-8(12)13)5-11(6)16(2,14)15/h6-7H,3-5H2,1-2H3,(H,12,13). The monoisotopic (exact) mass is 246 g/mol. The fourth-order valence-corrected chi connectivity index (χ4v) is 3.05. The maximum absolute atomic E-state index is 11.5. The maximum atomic E-state index is 11.5. The molecule has 2 atom stereocenters. The van der Waals surface area contributed by atoms with Crippen LogP contribution in [0.15, 0.2) is 0 Å². The highest BCUT2D eigenvalue weighted by molar-refractivity contribution is 7.88. The molecule has 0 bridgehead atoms. The Hall–Kier alpha value is -0.595. The first-order chi connectivity index (χ1) is 7.21. The number of hydrogen-bond donors (Lipinski definition) is 1. The zero-order valence-corrected chi connectivity index (χ0v) is 10.1. The third kappa shape index (κ3) is 3.20. The molecular formula is C8H15BN2O4S. The molecule has 0 saturated carbocycles. The van der Waals surface area contributed by atoms with Crippen LogP contribution in [0.4, 0.5) is 0 Å². The van der Waals surface area contributed by atoms with Crippen LogP contribution in [-0.2, 0) is 14.8 Å². The molecule has 1 aliphatic heterocycles. The molecule has 8 heteroatoms. The van der Waals surface area contributed by atoms with E-state index < -0.39 is 22.0 Å². The fourth-order valence-electron chi connectivity index (χ4n) is 1.88. The van der Waals surface area contributed by atoms with Crippen LogP contribution in [-0.4, -0.2) is 68.0 Å². The van der Waals surface area contributed by atoms with E-state index in [1.54, 1.807) is 6.92 Å². The van der Waals surface area contributed by atoms with Gasteiger partial charge in [0.1, 0.15) is 0 Å². The largest absolute Gasteiger partial charge is 0.481 e. The van der Waals surface area contributed by atoms with Gasteiger partial charge in [-0.05, 0) is 6.92 Å². The molecule has 0 amide bonds. The predicted octanol–water partition coefficient (Wildman–Crippen LogP) is -1.12. The Morgan fingerprint density at radius 2 is 2.06 bits per heavy atom. The summed E-state index contributed by atoms with van der Waals surface area (Å²) in [6.07, 6.45) is 0.961. The smallest absolute Gasteiger partial charge is 0.304 e. The molecule has 2 radical (unpaired) electrons. The van der Waals surface area contributed by atoms with Crippen LogP contribution in [0.2, 0.25) is 0 Å². The highest BCUT2D eigenvalue weighted by Gasteiger charge is 2.34. The number of nitrogens with zero attached hydrogens (tertiary/aromatic N) is 2. The van der Waals surface area contributed by atoms with E-state index in [0.29, 0.717) is 6.54 Å². The van der Waals surface area contributed by atoms with Gasteiger partial charge in [-0.15, -0.1) is 0 Å². The molecule has 1 rings (SSSR count). The molecule has 16 heavy (non-hydrogen) atoms. The third-order valence-corrected chi connectivity index (χ3v) is 4.02. The van der Waals surface area contributed by atoms with Gasteiger partial charge in [-0.2, -0.15) is 4.31 Å². The Labute approximate surface area is 96.7 Å². The first-order valence-corrected chi connectivity index (χ1v) is 6.76. The minimum Gasteiger partial charge on any atom is -0.481 e. The van der Waals surface area contributed by atoms with Crippen molar-refractivity contribution < 1.29 is 18.3 Å².